The van der Waals surface area contributed by atoms with E-state index >= 15 is 0 Å². The molecule has 0 saturated carbocycles. The number of amides is 4. The second kappa shape index (κ2) is 15.8. The first-order chi connectivity index (χ1) is 19.9. The molecule has 4 rings (SSSR count). The van der Waals surface area contributed by atoms with Gasteiger partial charge in [0, 0.05) is 50.5 Å². The normalized spacial score (nSPS) is 26.5. The van der Waals surface area contributed by atoms with Crippen molar-refractivity contribution < 1.29 is 37.8 Å². The molecule has 0 radical (unpaired) electrons. The van der Waals surface area contributed by atoms with Crippen LogP contribution in [0.5, 0.6) is 0 Å². The molecule has 13 heteroatoms. The molecule has 0 spiro atoms. The number of carbonyl (C=O) groups is 4. The number of hydrogen-bond acceptors (Lipinski definition) is 8. The fourth-order valence-corrected chi connectivity index (χ4v) is 5.27. The fraction of sp³-hybridized carbons (Fsp3) is 0.643. The topological polar surface area (TPSA) is 147 Å². The third-order valence-electron chi connectivity index (χ3n) is 7.42. The van der Waals surface area contributed by atoms with Crippen LogP contribution in [0.1, 0.15) is 42.5 Å². The van der Waals surface area contributed by atoms with E-state index in [1.807, 2.05) is 0 Å². The van der Waals surface area contributed by atoms with Gasteiger partial charge < -0.3 is 40.4 Å². The van der Waals surface area contributed by atoms with E-state index < -0.39 is 29.8 Å². The molecule has 4 amide bonds. The zero-order chi connectivity index (χ0) is 29.0. The summed E-state index contributed by atoms with van der Waals surface area (Å²) >= 11 is 0. The number of benzene rings is 1. The maximum absolute atomic E-state index is 13.4. The van der Waals surface area contributed by atoms with Crippen LogP contribution in [0.25, 0.3) is 0 Å². The van der Waals surface area contributed by atoms with Crippen molar-refractivity contribution in [2.75, 3.05) is 59.3 Å². The van der Waals surface area contributed by atoms with Gasteiger partial charge in [-0.15, -0.1) is 0 Å². The van der Waals surface area contributed by atoms with Gasteiger partial charge in [0.15, 0.2) is 0 Å². The van der Waals surface area contributed by atoms with Crippen molar-refractivity contribution in [3.05, 3.63) is 35.6 Å². The van der Waals surface area contributed by atoms with E-state index in [0.29, 0.717) is 45.8 Å². The first-order valence-electron chi connectivity index (χ1n) is 14.3. The molecule has 41 heavy (non-hydrogen) atoms. The second-order valence-corrected chi connectivity index (χ2v) is 10.5. The van der Waals surface area contributed by atoms with Gasteiger partial charge in [0.25, 0.3) is 5.91 Å². The molecular weight excluding hydrogens is 537 g/mol. The van der Waals surface area contributed by atoms with Crippen molar-refractivity contribution >= 4 is 23.6 Å². The Morgan fingerprint density at radius 3 is 2.37 bits per heavy atom. The molecule has 3 fully saturated rings. The lowest BCUT2D eigenvalue weighted by Crippen LogP contribution is -2.50. The zero-order valence-corrected chi connectivity index (χ0v) is 23.2. The van der Waals surface area contributed by atoms with E-state index in [1.165, 1.54) is 29.2 Å². The number of rotatable bonds is 3. The molecule has 3 aliphatic heterocycles. The van der Waals surface area contributed by atoms with Gasteiger partial charge in [-0.3, -0.25) is 19.2 Å². The van der Waals surface area contributed by atoms with Crippen LogP contribution in [0.2, 0.25) is 0 Å². The number of likely N-dealkylation sites (tertiary alicyclic amines) is 1. The van der Waals surface area contributed by atoms with Crippen LogP contribution in [0, 0.1) is 5.82 Å². The largest absolute Gasteiger partial charge is 0.381 e. The van der Waals surface area contributed by atoms with E-state index in [1.54, 1.807) is 0 Å². The molecule has 4 N–H and O–H groups in total. The van der Waals surface area contributed by atoms with E-state index in [9.17, 15) is 23.6 Å². The Morgan fingerprint density at radius 1 is 0.878 bits per heavy atom. The second-order valence-electron chi connectivity index (χ2n) is 10.5. The van der Waals surface area contributed by atoms with Crippen LogP contribution in [0.3, 0.4) is 0 Å². The van der Waals surface area contributed by atoms with Crippen molar-refractivity contribution in [1.29, 1.82) is 0 Å². The van der Waals surface area contributed by atoms with Gasteiger partial charge in [-0.25, -0.2) is 4.39 Å². The third-order valence-corrected chi connectivity index (χ3v) is 7.42. The highest BCUT2D eigenvalue weighted by Crippen LogP contribution is 2.22. The maximum atomic E-state index is 13.4. The number of nitrogens with one attached hydrogen (secondary N) is 4. The average Bonchev–Trinajstić information content (AvgIpc) is 3.39. The average molecular weight is 578 g/mol. The molecule has 2 bridgehead atoms. The summed E-state index contributed by atoms with van der Waals surface area (Å²) < 4.78 is 29.8. The molecule has 3 saturated heterocycles. The lowest BCUT2D eigenvalue weighted by atomic mass is 10.0. The minimum atomic E-state index is -0.822. The van der Waals surface area contributed by atoms with Gasteiger partial charge in [-0.05, 0) is 56.4 Å². The van der Waals surface area contributed by atoms with Crippen molar-refractivity contribution in [2.45, 2.75) is 56.3 Å². The molecule has 0 unspecified atom stereocenters. The number of fused-ring (bicyclic) bond motifs is 2. The van der Waals surface area contributed by atoms with E-state index in [-0.39, 0.29) is 62.1 Å². The minimum absolute atomic E-state index is 0.125. The summed E-state index contributed by atoms with van der Waals surface area (Å²) in [6.45, 7) is 2.63. The Kier molecular flexibility index (Phi) is 11.8. The Hall–Kier alpha value is -3.13. The highest BCUT2D eigenvalue weighted by molar-refractivity contribution is 5.98. The first kappa shape index (κ1) is 30.8. The molecule has 1 aromatic rings. The Bertz CT molecular complexity index is 1040. The smallest absolute Gasteiger partial charge is 0.254 e. The molecule has 3 atom stereocenters. The van der Waals surface area contributed by atoms with Crippen molar-refractivity contribution in [1.82, 2.24) is 26.2 Å². The molecule has 1 aromatic carbocycles. The number of halogens is 1. The summed E-state index contributed by atoms with van der Waals surface area (Å²) in [5, 5.41) is 12.1. The fourth-order valence-electron chi connectivity index (χ4n) is 5.27. The van der Waals surface area contributed by atoms with Gasteiger partial charge in [0.1, 0.15) is 18.5 Å². The van der Waals surface area contributed by atoms with Crippen LogP contribution in [-0.2, 0) is 28.6 Å². The molecular formula is C28H40FN5O7. The molecule has 0 aromatic heterocycles. The van der Waals surface area contributed by atoms with Crippen LogP contribution >= 0.6 is 0 Å². The van der Waals surface area contributed by atoms with Crippen LogP contribution < -0.4 is 21.3 Å². The molecule has 3 heterocycles. The molecule has 3 aliphatic rings. The van der Waals surface area contributed by atoms with Crippen molar-refractivity contribution in [3.63, 3.8) is 0 Å². The zero-order valence-electron chi connectivity index (χ0n) is 23.2. The number of ether oxygens (including phenoxy) is 3. The number of hydrogen-bond donors (Lipinski definition) is 4. The molecule has 226 valence electrons. The highest BCUT2D eigenvalue weighted by atomic mass is 19.1. The maximum Gasteiger partial charge on any atom is 0.254 e. The van der Waals surface area contributed by atoms with Crippen LogP contribution in [0.4, 0.5) is 4.39 Å². The predicted octanol–water partition coefficient (Wildman–Crippen LogP) is -0.278. The van der Waals surface area contributed by atoms with Gasteiger partial charge in [-0.1, -0.05) is 0 Å². The summed E-state index contributed by atoms with van der Waals surface area (Å²) in [5.74, 6) is -1.75. The first-order valence-corrected chi connectivity index (χ1v) is 14.3. The summed E-state index contributed by atoms with van der Waals surface area (Å²) in [5.41, 5.74) is 0.248. The van der Waals surface area contributed by atoms with Crippen molar-refractivity contribution in [2.24, 2.45) is 0 Å². The lowest BCUT2D eigenvalue weighted by molar-refractivity contribution is -0.127. The summed E-state index contributed by atoms with van der Waals surface area (Å²) in [4.78, 5) is 53.4. The Labute approximate surface area is 239 Å². The van der Waals surface area contributed by atoms with E-state index in [0.717, 1.165) is 12.8 Å². The summed E-state index contributed by atoms with van der Waals surface area (Å²) in [7, 11) is 0. The number of nitrogens with zero attached hydrogens (tertiary/aromatic N) is 1. The molecule has 0 aliphatic carbocycles. The summed E-state index contributed by atoms with van der Waals surface area (Å²) in [6.07, 6.45) is 2.90. The van der Waals surface area contributed by atoms with E-state index in [4.69, 9.17) is 14.2 Å². The SMILES string of the molecule is O=C1COCCOCCNC(=O)[C@@H](NC2CCOCC2)CCCNC(=O)[C@H]2C[C@H](CN2C(=O)c2ccc(F)cc2)N1. The van der Waals surface area contributed by atoms with E-state index in [2.05, 4.69) is 21.3 Å². The van der Waals surface area contributed by atoms with Gasteiger partial charge in [0.2, 0.25) is 17.7 Å². The standard InChI is InChI=1S/C28H40FN5O7/c29-20-5-3-19(4-6-20)28(38)34-17-22-16-24(34)27(37)30-9-1-2-23(32-21-7-11-39-12-8-21)26(36)31-10-13-40-14-15-41-18-25(35)33-22/h3-6,21-24,32H,1-2,7-18H2,(H,30,37)(H,31,36)(H,33,35)/t22-,23+,24-/m1/s1. The van der Waals surface area contributed by atoms with Crippen LogP contribution in [-0.4, -0.2) is 112 Å². The Morgan fingerprint density at radius 2 is 1.59 bits per heavy atom. The lowest BCUT2D eigenvalue weighted by Gasteiger charge is -2.28. The third kappa shape index (κ3) is 9.45. The number of carbonyl (C=O) groups excluding carboxylic acids is 4. The predicted molar refractivity (Wildman–Crippen MR) is 145 cm³/mol. The van der Waals surface area contributed by atoms with Gasteiger partial charge in [0.05, 0.1) is 25.9 Å². The quantitative estimate of drug-likeness (QED) is 0.384. The summed E-state index contributed by atoms with van der Waals surface area (Å²) in [6, 6.07) is 3.58. The van der Waals surface area contributed by atoms with Crippen LogP contribution in [0.15, 0.2) is 24.3 Å². The molecule has 12 nitrogen and oxygen atoms in total. The van der Waals surface area contributed by atoms with Crippen molar-refractivity contribution in [3.8, 4) is 0 Å². The highest BCUT2D eigenvalue weighted by Gasteiger charge is 2.40. The van der Waals surface area contributed by atoms with Gasteiger partial charge in [-0.2, -0.15) is 0 Å². The monoisotopic (exact) mass is 577 g/mol. The minimum Gasteiger partial charge on any atom is -0.381 e. The Balaban J connectivity index is 1.42. The van der Waals surface area contributed by atoms with Gasteiger partial charge >= 0.3 is 0 Å².